The van der Waals surface area contributed by atoms with E-state index in [1.54, 1.807) is 0 Å². The first-order valence-electron chi connectivity index (χ1n) is 7.62. The number of allylic oxidation sites excluding steroid dienone is 1. The first-order valence-corrected chi connectivity index (χ1v) is 7.62. The van der Waals surface area contributed by atoms with E-state index in [0.29, 0.717) is 17.3 Å². The SMILES string of the molecule is C=C(C)C1CC[C@@]2(C)CCC[C@@](C)(OC(C)=O)[C@@H]2C1. The Morgan fingerprint density at radius 3 is 2.47 bits per heavy atom. The maximum Gasteiger partial charge on any atom is 0.303 e. The zero-order chi connectivity index (χ0) is 14.3. The second-order valence-corrected chi connectivity index (χ2v) is 7.28. The molecule has 0 aliphatic heterocycles. The van der Waals surface area contributed by atoms with E-state index in [0.717, 1.165) is 12.8 Å². The fourth-order valence-electron chi connectivity index (χ4n) is 4.57. The quantitative estimate of drug-likeness (QED) is 0.542. The molecule has 0 N–H and O–H groups in total. The van der Waals surface area contributed by atoms with Crippen LogP contribution in [0.1, 0.15) is 66.2 Å². The summed E-state index contributed by atoms with van der Waals surface area (Å²) in [6.07, 6.45) is 7.09. The molecule has 0 aromatic heterocycles. The molecule has 1 unspecified atom stereocenters. The van der Waals surface area contributed by atoms with Crippen molar-refractivity contribution in [2.24, 2.45) is 17.3 Å². The van der Waals surface area contributed by atoms with Crippen LogP contribution in [0, 0.1) is 17.3 Å². The molecule has 2 rings (SSSR count). The summed E-state index contributed by atoms with van der Waals surface area (Å²) in [4.78, 5) is 11.5. The van der Waals surface area contributed by atoms with Crippen LogP contribution in [0.25, 0.3) is 0 Å². The van der Waals surface area contributed by atoms with Crippen molar-refractivity contribution >= 4 is 5.97 Å². The molecule has 2 heteroatoms. The number of rotatable bonds is 2. The van der Waals surface area contributed by atoms with E-state index in [2.05, 4.69) is 27.4 Å². The van der Waals surface area contributed by atoms with E-state index in [1.807, 2.05) is 0 Å². The Morgan fingerprint density at radius 2 is 1.89 bits per heavy atom. The molecule has 19 heavy (non-hydrogen) atoms. The van der Waals surface area contributed by atoms with Crippen molar-refractivity contribution in [3.63, 3.8) is 0 Å². The van der Waals surface area contributed by atoms with Gasteiger partial charge in [-0.05, 0) is 63.7 Å². The molecule has 2 aliphatic rings. The Kier molecular flexibility index (Phi) is 3.81. The van der Waals surface area contributed by atoms with Crippen LogP contribution in [-0.4, -0.2) is 11.6 Å². The third-order valence-electron chi connectivity index (χ3n) is 5.66. The van der Waals surface area contributed by atoms with Crippen LogP contribution in [0.4, 0.5) is 0 Å². The topological polar surface area (TPSA) is 26.3 Å². The predicted molar refractivity (Wildman–Crippen MR) is 77.8 cm³/mol. The first-order chi connectivity index (χ1) is 8.77. The summed E-state index contributed by atoms with van der Waals surface area (Å²) in [6, 6.07) is 0. The summed E-state index contributed by atoms with van der Waals surface area (Å²) in [5, 5.41) is 0. The molecule has 0 bridgehead atoms. The van der Waals surface area contributed by atoms with Crippen molar-refractivity contribution in [1.29, 1.82) is 0 Å². The summed E-state index contributed by atoms with van der Waals surface area (Å²) < 4.78 is 5.77. The van der Waals surface area contributed by atoms with Gasteiger partial charge >= 0.3 is 5.97 Å². The van der Waals surface area contributed by atoms with Crippen LogP contribution < -0.4 is 0 Å². The van der Waals surface area contributed by atoms with Crippen molar-refractivity contribution in [2.75, 3.05) is 0 Å². The Morgan fingerprint density at radius 1 is 1.21 bits per heavy atom. The minimum atomic E-state index is -0.271. The molecular weight excluding hydrogens is 236 g/mol. The number of hydrogen-bond donors (Lipinski definition) is 0. The molecule has 2 saturated carbocycles. The number of carbonyl (C=O) groups is 1. The summed E-state index contributed by atoms with van der Waals surface area (Å²) >= 11 is 0. The Balaban J connectivity index is 2.26. The Labute approximate surface area is 117 Å². The molecule has 0 amide bonds. The monoisotopic (exact) mass is 264 g/mol. The van der Waals surface area contributed by atoms with Crippen molar-refractivity contribution in [2.45, 2.75) is 71.8 Å². The number of fused-ring (bicyclic) bond motifs is 1. The van der Waals surface area contributed by atoms with Crippen LogP contribution in [0.3, 0.4) is 0 Å². The van der Waals surface area contributed by atoms with Crippen LogP contribution in [-0.2, 0) is 9.53 Å². The first kappa shape index (κ1) is 14.6. The van der Waals surface area contributed by atoms with Gasteiger partial charge in [-0.25, -0.2) is 0 Å². The number of hydrogen-bond acceptors (Lipinski definition) is 2. The van der Waals surface area contributed by atoms with Gasteiger partial charge in [-0.15, -0.1) is 0 Å². The van der Waals surface area contributed by atoms with Crippen LogP contribution in [0.5, 0.6) is 0 Å². The Bertz CT molecular complexity index is 387. The second kappa shape index (κ2) is 4.96. The third-order valence-corrected chi connectivity index (χ3v) is 5.66. The summed E-state index contributed by atoms with van der Waals surface area (Å²) in [5.41, 5.74) is 1.36. The Hall–Kier alpha value is -0.790. The van der Waals surface area contributed by atoms with Gasteiger partial charge in [-0.1, -0.05) is 19.1 Å². The van der Waals surface area contributed by atoms with Crippen LogP contribution in [0.2, 0.25) is 0 Å². The average Bonchev–Trinajstić information content (AvgIpc) is 2.26. The summed E-state index contributed by atoms with van der Waals surface area (Å²) in [5.74, 6) is 0.948. The molecule has 2 aliphatic carbocycles. The highest BCUT2D eigenvalue weighted by Crippen LogP contribution is 2.57. The normalized spacial score (nSPS) is 42.3. The van der Waals surface area contributed by atoms with Gasteiger partial charge in [0.2, 0.25) is 0 Å². The van der Waals surface area contributed by atoms with Crippen molar-refractivity contribution < 1.29 is 9.53 Å². The van der Waals surface area contributed by atoms with E-state index in [9.17, 15) is 4.79 Å². The fraction of sp³-hybridized carbons (Fsp3) is 0.824. The smallest absolute Gasteiger partial charge is 0.303 e. The molecule has 0 aromatic carbocycles. The van der Waals surface area contributed by atoms with E-state index in [-0.39, 0.29) is 11.6 Å². The fourth-order valence-corrected chi connectivity index (χ4v) is 4.57. The molecule has 0 radical (unpaired) electrons. The second-order valence-electron chi connectivity index (χ2n) is 7.28. The molecular formula is C17H28O2. The molecule has 0 aromatic rings. The van der Waals surface area contributed by atoms with Crippen molar-refractivity contribution in [3.8, 4) is 0 Å². The van der Waals surface area contributed by atoms with E-state index >= 15 is 0 Å². The molecule has 0 heterocycles. The van der Waals surface area contributed by atoms with Gasteiger partial charge in [-0.2, -0.15) is 0 Å². The average molecular weight is 264 g/mol. The molecule has 2 fully saturated rings. The van der Waals surface area contributed by atoms with E-state index in [4.69, 9.17) is 4.74 Å². The van der Waals surface area contributed by atoms with E-state index in [1.165, 1.54) is 38.2 Å². The number of ether oxygens (including phenoxy) is 1. The molecule has 0 spiro atoms. The van der Waals surface area contributed by atoms with Gasteiger partial charge in [0.15, 0.2) is 0 Å². The highest BCUT2D eigenvalue weighted by Gasteiger charge is 2.53. The molecule has 108 valence electrons. The minimum Gasteiger partial charge on any atom is -0.459 e. The molecule has 4 atom stereocenters. The predicted octanol–water partition coefficient (Wildman–Crippen LogP) is 4.49. The maximum atomic E-state index is 11.5. The van der Waals surface area contributed by atoms with Gasteiger partial charge in [-0.3, -0.25) is 4.79 Å². The van der Waals surface area contributed by atoms with Gasteiger partial charge in [0.05, 0.1) is 0 Å². The molecule has 0 saturated heterocycles. The summed E-state index contributed by atoms with van der Waals surface area (Å²) in [6.45, 7) is 12.4. The highest BCUT2D eigenvalue weighted by atomic mass is 16.6. The third kappa shape index (κ3) is 2.73. The van der Waals surface area contributed by atoms with Gasteiger partial charge < -0.3 is 4.74 Å². The van der Waals surface area contributed by atoms with Crippen molar-refractivity contribution in [1.82, 2.24) is 0 Å². The lowest BCUT2D eigenvalue weighted by atomic mass is 9.53. The van der Waals surface area contributed by atoms with Crippen molar-refractivity contribution in [3.05, 3.63) is 12.2 Å². The highest BCUT2D eigenvalue weighted by molar-refractivity contribution is 5.66. The van der Waals surface area contributed by atoms with E-state index < -0.39 is 0 Å². The molecule has 2 nitrogen and oxygen atoms in total. The van der Waals surface area contributed by atoms with Gasteiger partial charge in [0.1, 0.15) is 5.60 Å². The lowest BCUT2D eigenvalue weighted by Crippen LogP contribution is -2.53. The zero-order valence-corrected chi connectivity index (χ0v) is 12.9. The largest absolute Gasteiger partial charge is 0.459 e. The minimum absolute atomic E-state index is 0.135. The lowest BCUT2D eigenvalue weighted by Gasteiger charge is -2.55. The van der Waals surface area contributed by atoms with Crippen LogP contribution in [0.15, 0.2) is 12.2 Å². The van der Waals surface area contributed by atoms with Gasteiger partial charge in [0, 0.05) is 12.8 Å². The number of esters is 1. The van der Waals surface area contributed by atoms with Crippen LogP contribution >= 0.6 is 0 Å². The maximum absolute atomic E-state index is 11.5. The standard InChI is InChI=1S/C17H28O2/c1-12(2)14-7-10-16(4)8-6-9-17(5,15(16)11-14)19-13(3)18/h14-15H,1,6-11H2,2-5H3/t14?,15-,16-,17-/m1/s1. The zero-order valence-electron chi connectivity index (χ0n) is 12.9. The lowest BCUT2D eigenvalue weighted by molar-refractivity contribution is -0.181. The van der Waals surface area contributed by atoms with Gasteiger partial charge in [0.25, 0.3) is 0 Å². The number of carbonyl (C=O) groups excluding carboxylic acids is 1. The summed E-state index contributed by atoms with van der Waals surface area (Å²) in [7, 11) is 0.